The van der Waals surface area contributed by atoms with E-state index in [1.807, 2.05) is 66.2 Å². The molecule has 1 unspecified atom stereocenters. The van der Waals surface area contributed by atoms with Crippen molar-refractivity contribution >= 4 is 40.5 Å². The van der Waals surface area contributed by atoms with Gasteiger partial charge in [-0.05, 0) is 55.1 Å². The molecule has 0 fully saturated rings. The number of hydrazone groups is 1. The molecule has 2 aromatic carbocycles. The van der Waals surface area contributed by atoms with Crippen LogP contribution in [0.3, 0.4) is 0 Å². The molecule has 30 heavy (non-hydrogen) atoms. The third kappa shape index (κ3) is 4.25. The Kier molecular flexibility index (Phi) is 5.62. The summed E-state index contributed by atoms with van der Waals surface area (Å²) >= 11 is 1.48. The number of anilines is 2. The van der Waals surface area contributed by atoms with Gasteiger partial charge in [-0.25, -0.2) is 0 Å². The van der Waals surface area contributed by atoms with Crippen LogP contribution in [0.15, 0.2) is 76.1 Å². The molecule has 0 radical (unpaired) electrons. The smallest absolute Gasteiger partial charge is 0.271 e. The van der Waals surface area contributed by atoms with Crippen LogP contribution in [0, 0.1) is 0 Å². The number of nitrogens with one attached hydrogen (secondary N) is 1. The zero-order valence-corrected chi connectivity index (χ0v) is 17.3. The van der Waals surface area contributed by atoms with Crippen LogP contribution in [-0.2, 0) is 16.6 Å². The maximum absolute atomic E-state index is 12.7. The van der Waals surface area contributed by atoms with E-state index in [9.17, 15) is 9.59 Å². The lowest BCUT2D eigenvalue weighted by Gasteiger charge is -2.20. The zero-order chi connectivity index (χ0) is 21.1. The number of benzene rings is 2. The number of Topliss-reactive ketones (excluding diaryl/α,β-unsaturated/α-hetero) is 1. The SMILES string of the molecule is CC(=O)C1CC(C(=O)Nc2ccc(Sc3nncn3C)cc2)=NN1c1ccccc1. The zero-order valence-electron chi connectivity index (χ0n) is 16.5. The highest BCUT2D eigenvalue weighted by atomic mass is 32.2. The van der Waals surface area contributed by atoms with Crippen molar-refractivity contribution in [1.29, 1.82) is 0 Å². The fourth-order valence-electron chi connectivity index (χ4n) is 3.06. The van der Waals surface area contributed by atoms with Crippen molar-refractivity contribution < 1.29 is 9.59 Å². The summed E-state index contributed by atoms with van der Waals surface area (Å²) in [7, 11) is 1.88. The Morgan fingerprint density at radius 3 is 2.47 bits per heavy atom. The number of aryl methyl sites for hydroxylation is 1. The van der Waals surface area contributed by atoms with Crippen molar-refractivity contribution in [3.05, 3.63) is 60.9 Å². The molecule has 1 aliphatic heterocycles. The number of para-hydroxylation sites is 1. The van der Waals surface area contributed by atoms with E-state index in [2.05, 4.69) is 20.6 Å². The summed E-state index contributed by atoms with van der Waals surface area (Å²) in [6, 6.07) is 16.4. The highest BCUT2D eigenvalue weighted by Gasteiger charge is 2.34. The first-order chi connectivity index (χ1) is 14.5. The molecule has 4 rings (SSSR count). The average molecular weight is 420 g/mol. The molecule has 0 spiro atoms. The largest absolute Gasteiger partial charge is 0.321 e. The topological polar surface area (TPSA) is 92.5 Å². The summed E-state index contributed by atoms with van der Waals surface area (Å²) in [5.41, 5.74) is 1.77. The molecule has 0 saturated heterocycles. The van der Waals surface area contributed by atoms with Gasteiger partial charge in [0.25, 0.3) is 5.91 Å². The molecule has 1 amide bonds. The summed E-state index contributed by atoms with van der Waals surface area (Å²) in [4.78, 5) is 25.8. The van der Waals surface area contributed by atoms with Crippen LogP contribution in [0.25, 0.3) is 0 Å². The number of carbonyl (C=O) groups excluding carboxylic acids is 2. The highest BCUT2D eigenvalue weighted by Crippen LogP contribution is 2.27. The van der Waals surface area contributed by atoms with Crippen LogP contribution >= 0.6 is 11.8 Å². The number of nitrogens with zero attached hydrogens (tertiary/aromatic N) is 5. The Balaban J connectivity index is 1.45. The van der Waals surface area contributed by atoms with E-state index in [-0.39, 0.29) is 18.1 Å². The first-order valence-corrected chi connectivity index (χ1v) is 10.2. The van der Waals surface area contributed by atoms with E-state index < -0.39 is 6.04 Å². The van der Waals surface area contributed by atoms with Crippen molar-refractivity contribution in [3.63, 3.8) is 0 Å². The van der Waals surface area contributed by atoms with Crippen LogP contribution in [-0.4, -0.2) is 38.2 Å². The Labute approximate surface area is 178 Å². The molecule has 1 atom stereocenters. The number of hydrogen-bond donors (Lipinski definition) is 1. The number of carbonyl (C=O) groups is 2. The van der Waals surface area contributed by atoms with E-state index in [4.69, 9.17) is 0 Å². The van der Waals surface area contributed by atoms with Crippen molar-refractivity contribution in [2.75, 3.05) is 10.3 Å². The standard InChI is InChI=1S/C21H20N6O2S/c1-14(28)19-12-18(25-27(19)16-6-4-3-5-7-16)20(29)23-15-8-10-17(11-9-15)30-21-24-22-13-26(21)2/h3-11,13,19H,12H2,1-2H3,(H,23,29). The number of hydrogen-bond acceptors (Lipinski definition) is 7. The fourth-order valence-corrected chi connectivity index (χ4v) is 3.82. The summed E-state index contributed by atoms with van der Waals surface area (Å²) in [5, 5.41) is 17.6. The highest BCUT2D eigenvalue weighted by molar-refractivity contribution is 7.99. The summed E-state index contributed by atoms with van der Waals surface area (Å²) < 4.78 is 1.84. The maximum atomic E-state index is 12.7. The Bertz CT molecular complexity index is 1090. The molecular weight excluding hydrogens is 400 g/mol. The number of ketones is 1. The molecule has 9 heteroatoms. The normalized spacial score (nSPS) is 15.7. The summed E-state index contributed by atoms with van der Waals surface area (Å²) in [6.07, 6.45) is 1.92. The van der Waals surface area contributed by atoms with Gasteiger partial charge in [0.2, 0.25) is 0 Å². The van der Waals surface area contributed by atoms with Crippen LogP contribution in [0.5, 0.6) is 0 Å². The van der Waals surface area contributed by atoms with Crippen molar-refractivity contribution in [3.8, 4) is 0 Å². The first kappa shape index (κ1) is 19.8. The Morgan fingerprint density at radius 1 is 1.10 bits per heavy atom. The molecule has 1 N–H and O–H groups in total. The minimum Gasteiger partial charge on any atom is -0.321 e. The predicted octanol–water partition coefficient (Wildman–Crippen LogP) is 3.13. The number of rotatable bonds is 6. The molecule has 3 aromatic rings. The number of aromatic nitrogens is 3. The third-order valence-electron chi connectivity index (χ3n) is 4.65. The Morgan fingerprint density at radius 2 is 1.83 bits per heavy atom. The molecule has 0 bridgehead atoms. The van der Waals surface area contributed by atoms with Gasteiger partial charge in [-0.2, -0.15) is 5.10 Å². The second-order valence-electron chi connectivity index (χ2n) is 6.86. The van der Waals surface area contributed by atoms with Crippen molar-refractivity contribution in [2.24, 2.45) is 12.1 Å². The van der Waals surface area contributed by atoms with Gasteiger partial charge in [-0.3, -0.25) is 14.6 Å². The van der Waals surface area contributed by atoms with E-state index in [1.54, 1.807) is 11.3 Å². The van der Waals surface area contributed by atoms with E-state index in [1.165, 1.54) is 18.7 Å². The molecule has 0 saturated carbocycles. The van der Waals surface area contributed by atoms with Gasteiger partial charge < -0.3 is 9.88 Å². The van der Waals surface area contributed by atoms with Gasteiger partial charge in [0.05, 0.1) is 5.69 Å². The quantitative estimate of drug-likeness (QED) is 0.659. The van der Waals surface area contributed by atoms with Gasteiger partial charge in [-0.1, -0.05) is 18.2 Å². The van der Waals surface area contributed by atoms with Crippen molar-refractivity contribution in [1.82, 2.24) is 14.8 Å². The van der Waals surface area contributed by atoms with Crippen LogP contribution < -0.4 is 10.3 Å². The third-order valence-corrected chi connectivity index (χ3v) is 5.71. The van der Waals surface area contributed by atoms with Gasteiger partial charge in [-0.15, -0.1) is 10.2 Å². The first-order valence-electron chi connectivity index (χ1n) is 9.37. The van der Waals surface area contributed by atoms with Crippen molar-refractivity contribution in [2.45, 2.75) is 29.4 Å². The molecule has 1 aromatic heterocycles. The van der Waals surface area contributed by atoms with Crippen LogP contribution in [0.1, 0.15) is 13.3 Å². The number of amides is 1. The lowest BCUT2D eigenvalue weighted by atomic mass is 10.1. The van der Waals surface area contributed by atoms with E-state index >= 15 is 0 Å². The van der Waals surface area contributed by atoms with Gasteiger partial charge in [0.1, 0.15) is 18.1 Å². The monoisotopic (exact) mass is 420 g/mol. The van der Waals surface area contributed by atoms with E-state index in [0.717, 1.165) is 15.7 Å². The van der Waals surface area contributed by atoms with Crippen LogP contribution in [0.4, 0.5) is 11.4 Å². The second-order valence-corrected chi connectivity index (χ2v) is 7.90. The summed E-state index contributed by atoms with van der Waals surface area (Å²) in [5.74, 6) is -0.344. The maximum Gasteiger partial charge on any atom is 0.271 e. The molecule has 1 aliphatic rings. The molecule has 0 aliphatic carbocycles. The van der Waals surface area contributed by atoms with Gasteiger partial charge in [0.15, 0.2) is 10.9 Å². The predicted molar refractivity (Wildman–Crippen MR) is 116 cm³/mol. The lowest BCUT2D eigenvalue weighted by Crippen LogP contribution is -2.33. The minimum absolute atomic E-state index is 0.0319. The summed E-state index contributed by atoms with van der Waals surface area (Å²) in [6.45, 7) is 1.52. The lowest BCUT2D eigenvalue weighted by molar-refractivity contribution is -0.118. The fraction of sp³-hybridized carbons (Fsp3) is 0.190. The molecule has 8 nitrogen and oxygen atoms in total. The average Bonchev–Trinajstić information content (AvgIpc) is 3.37. The molecule has 2 heterocycles. The molecular formula is C21H20N6O2S. The van der Waals surface area contributed by atoms with Gasteiger partial charge >= 0.3 is 0 Å². The Hall–Kier alpha value is -3.46. The minimum atomic E-state index is -0.474. The molecule has 152 valence electrons. The second kappa shape index (κ2) is 8.50. The van der Waals surface area contributed by atoms with E-state index in [0.29, 0.717) is 11.4 Å². The van der Waals surface area contributed by atoms with Gasteiger partial charge in [0, 0.05) is 24.1 Å². The van der Waals surface area contributed by atoms with Crippen LogP contribution in [0.2, 0.25) is 0 Å².